The molecule has 0 saturated heterocycles. The van der Waals surface area contributed by atoms with Crippen LogP contribution in [-0.2, 0) is 16.1 Å². The first-order valence-electron chi connectivity index (χ1n) is 9.66. The Hall–Kier alpha value is -2.30. The summed E-state index contributed by atoms with van der Waals surface area (Å²) in [5, 5.41) is 12.2. The zero-order valence-corrected chi connectivity index (χ0v) is 18.8. The van der Waals surface area contributed by atoms with Gasteiger partial charge in [0.05, 0.1) is 24.7 Å². The van der Waals surface area contributed by atoms with E-state index in [4.69, 9.17) is 4.74 Å². The highest BCUT2D eigenvalue weighted by atomic mass is 32.2. The average Bonchev–Trinajstić information content (AvgIpc) is 3.17. The number of methoxy groups -OCH3 is 1. The van der Waals surface area contributed by atoms with Gasteiger partial charge >= 0.3 is 0 Å². The number of fused-ring (bicyclic) bond motifs is 1. The molecule has 0 aliphatic carbocycles. The van der Waals surface area contributed by atoms with Crippen molar-refractivity contribution in [3.8, 4) is 0 Å². The Balaban J connectivity index is 1.52. The van der Waals surface area contributed by atoms with Gasteiger partial charge in [-0.2, -0.15) is 5.10 Å². The van der Waals surface area contributed by atoms with E-state index in [0.717, 1.165) is 22.6 Å². The van der Waals surface area contributed by atoms with Gasteiger partial charge in [0.1, 0.15) is 5.82 Å². The summed E-state index contributed by atoms with van der Waals surface area (Å²) < 4.78 is 6.90. The average molecular weight is 447 g/mol. The Kier molecular flexibility index (Phi) is 8.79. The fourth-order valence-corrected chi connectivity index (χ4v) is 4.00. The minimum absolute atomic E-state index is 0.0382. The van der Waals surface area contributed by atoms with Gasteiger partial charge in [0, 0.05) is 37.3 Å². The molecular weight excluding hydrogens is 420 g/mol. The van der Waals surface area contributed by atoms with Crippen molar-refractivity contribution in [2.75, 3.05) is 44.1 Å². The van der Waals surface area contributed by atoms with Crippen LogP contribution in [-0.4, -0.2) is 64.5 Å². The molecule has 1 amide bonds. The van der Waals surface area contributed by atoms with Gasteiger partial charge in [-0.15, -0.1) is 11.8 Å². The van der Waals surface area contributed by atoms with Gasteiger partial charge in [0.15, 0.2) is 10.8 Å². The normalized spacial score (nSPS) is 11.0. The lowest BCUT2D eigenvalue weighted by Gasteiger charge is -2.09. The second kappa shape index (κ2) is 11.8. The van der Waals surface area contributed by atoms with E-state index in [0.29, 0.717) is 37.8 Å². The van der Waals surface area contributed by atoms with Crippen molar-refractivity contribution < 1.29 is 9.53 Å². The first-order chi connectivity index (χ1) is 14.7. The van der Waals surface area contributed by atoms with E-state index in [1.165, 1.54) is 16.7 Å². The molecule has 0 atom stereocenters. The van der Waals surface area contributed by atoms with E-state index in [-0.39, 0.29) is 5.91 Å². The third-order valence-corrected chi connectivity index (χ3v) is 5.81. The molecular formula is C20H26N6O2S2. The molecule has 0 aliphatic rings. The Bertz CT molecular complexity index is 951. The second-order valence-electron chi connectivity index (χ2n) is 6.34. The van der Waals surface area contributed by atoms with Crippen LogP contribution in [0.4, 0.5) is 5.82 Å². The summed E-state index contributed by atoms with van der Waals surface area (Å²) in [5.41, 5.74) is 0.753. The number of rotatable bonds is 12. The second-order valence-corrected chi connectivity index (χ2v) is 8.29. The van der Waals surface area contributed by atoms with Gasteiger partial charge in [-0.3, -0.25) is 4.79 Å². The minimum atomic E-state index is 0.0382. The van der Waals surface area contributed by atoms with Gasteiger partial charge in [0.2, 0.25) is 5.91 Å². The summed E-state index contributed by atoms with van der Waals surface area (Å²) in [6.45, 7) is 2.28. The van der Waals surface area contributed by atoms with E-state index < -0.39 is 0 Å². The van der Waals surface area contributed by atoms with E-state index in [9.17, 15) is 4.79 Å². The number of nitrogens with zero attached hydrogens (tertiary/aromatic N) is 4. The molecule has 3 aromatic rings. The fraction of sp³-hybridized carbons (Fsp3) is 0.400. The summed E-state index contributed by atoms with van der Waals surface area (Å²) in [4.78, 5) is 22.4. The molecule has 0 fully saturated rings. The molecule has 0 unspecified atom stereocenters. The van der Waals surface area contributed by atoms with Crippen LogP contribution in [0.25, 0.3) is 11.0 Å². The Labute approximate surface area is 184 Å². The number of hydrogen-bond donors (Lipinski definition) is 2. The van der Waals surface area contributed by atoms with Crippen molar-refractivity contribution in [2.45, 2.75) is 23.0 Å². The topological polar surface area (TPSA) is 94.0 Å². The Morgan fingerprint density at radius 3 is 2.80 bits per heavy atom. The predicted molar refractivity (Wildman–Crippen MR) is 122 cm³/mol. The number of amides is 1. The molecule has 0 radical (unpaired) electrons. The molecule has 0 saturated carbocycles. The zero-order valence-electron chi connectivity index (χ0n) is 17.1. The van der Waals surface area contributed by atoms with Crippen molar-refractivity contribution in [3.63, 3.8) is 0 Å². The number of nitrogens with one attached hydrogen (secondary N) is 2. The van der Waals surface area contributed by atoms with Crippen molar-refractivity contribution >= 4 is 46.3 Å². The van der Waals surface area contributed by atoms with Crippen LogP contribution in [0.3, 0.4) is 0 Å². The van der Waals surface area contributed by atoms with Crippen LogP contribution in [0.15, 0.2) is 46.6 Å². The standard InChI is InChI=1S/C20H26N6O2S2/c1-28-12-10-22-18-16-14-23-26(19(16)25-20(24-18)29-2)11-9-21-17(27)8-13-30-15-6-4-3-5-7-15/h3-7,14H,8-13H2,1-2H3,(H,21,27)(H,22,24,25). The molecule has 2 aromatic heterocycles. The van der Waals surface area contributed by atoms with Crippen LogP contribution in [0.2, 0.25) is 0 Å². The molecule has 8 nitrogen and oxygen atoms in total. The molecule has 0 aliphatic heterocycles. The number of thioether (sulfide) groups is 2. The maximum absolute atomic E-state index is 12.1. The number of benzene rings is 1. The smallest absolute Gasteiger partial charge is 0.220 e. The Morgan fingerprint density at radius 1 is 1.20 bits per heavy atom. The van der Waals surface area contributed by atoms with Gasteiger partial charge < -0.3 is 15.4 Å². The van der Waals surface area contributed by atoms with Crippen LogP contribution < -0.4 is 10.6 Å². The number of anilines is 1. The molecule has 30 heavy (non-hydrogen) atoms. The van der Waals surface area contributed by atoms with Crippen LogP contribution in [0.5, 0.6) is 0 Å². The number of hydrogen-bond acceptors (Lipinski definition) is 8. The first kappa shape index (κ1) is 22.4. The summed E-state index contributed by atoms with van der Waals surface area (Å²) >= 11 is 3.16. The van der Waals surface area contributed by atoms with Gasteiger partial charge in [-0.25, -0.2) is 14.6 Å². The van der Waals surface area contributed by atoms with E-state index >= 15 is 0 Å². The largest absolute Gasteiger partial charge is 0.383 e. The summed E-state index contributed by atoms with van der Waals surface area (Å²) in [6.07, 6.45) is 4.17. The maximum atomic E-state index is 12.1. The quantitative estimate of drug-likeness (QED) is 0.249. The van der Waals surface area contributed by atoms with Crippen molar-refractivity contribution in [1.82, 2.24) is 25.1 Å². The molecule has 3 rings (SSSR count). The molecule has 1 aromatic carbocycles. The number of carbonyl (C=O) groups is 1. The molecule has 0 spiro atoms. The van der Waals surface area contributed by atoms with Crippen molar-refractivity contribution in [2.24, 2.45) is 0 Å². The fourth-order valence-electron chi connectivity index (χ4n) is 2.76. The Morgan fingerprint density at radius 2 is 2.03 bits per heavy atom. The lowest BCUT2D eigenvalue weighted by Crippen LogP contribution is -2.27. The van der Waals surface area contributed by atoms with Gasteiger partial charge in [-0.1, -0.05) is 30.0 Å². The predicted octanol–water partition coefficient (Wildman–Crippen LogP) is 2.91. The van der Waals surface area contributed by atoms with Crippen molar-refractivity contribution in [1.29, 1.82) is 0 Å². The summed E-state index contributed by atoms with van der Waals surface area (Å²) in [5.74, 6) is 1.53. The highest BCUT2D eigenvalue weighted by molar-refractivity contribution is 7.99. The lowest BCUT2D eigenvalue weighted by molar-refractivity contribution is -0.120. The molecule has 10 heteroatoms. The van der Waals surface area contributed by atoms with Crippen LogP contribution >= 0.6 is 23.5 Å². The van der Waals surface area contributed by atoms with E-state index in [2.05, 4.69) is 37.8 Å². The zero-order chi connectivity index (χ0) is 21.2. The summed E-state index contributed by atoms with van der Waals surface area (Å²) in [7, 11) is 1.66. The van der Waals surface area contributed by atoms with E-state index in [1.54, 1.807) is 29.8 Å². The SMILES string of the molecule is COCCNc1nc(SC)nc2c1cnn2CCNC(=O)CCSc1ccccc1. The number of carbonyl (C=O) groups excluding carboxylic acids is 1. The first-order valence-corrected chi connectivity index (χ1v) is 11.9. The molecule has 160 valence electrons. The third-order valence-electron chi connectivity index (χ3n) is 4.24. The highest BCUT2D eigenvalue weighted by Gasteiger charge is 2.13. The third kappa shape index (κ3) is 6.35. The molecule has 2 N–H and O–H groups in total. The maximum Gasteiger partial charge on any atom is 0.220 e. The summed E-state index contributed by atoms with van der Waals surface area (Å²) in [6, 6.07) is 10.1. The monoisotopic (exact) mass is 446 g/mol. The van der Waals surface area contributed by atoms with Gasteiger partial charge in [-0.05, 0) is 18.4 Å². The molecule has 2 heterocycles. The van der Waals surface area contributed by atoms with E-state index in [1.807, 2.05) is 24.5 Å². The minimum Gasteiger partial charge on any atom is -0.383 e. The van der Waals surface area contributed by atoms with Crippen molar-refractivity contribution in [3.05, 3.63) is 36.5 Å². The number of aromatic nitrogens is 4. The number of ether oxygens (including phenoxy) is 1. The highest BCUT2D eigenvalue weighted by Crippen LogP contribution is 2.23. The van der Waals surface area contributed by atoms with Crippen LogP contribution in [0, 0.1) is 0 Å². The van der Waals surface area contributed by atoms with Gasteiger partial charge in [0.25, 0.3) is 0 Å². The van der Waals surface area contributed by atoms with Crippen LogP contribution in [0.1, 0.15) is 6.42 Å². The molecule has 0 bridgehead atoms. The lowest BCUT2D eigenvalue weighted by atomic mass is 10.4.